The lowest BCUT2D eigenvalue weighted by atomic mass is 10.3. The summed E-state index contributed by atoms with van der Waals surface area (Å²) in [6, 6.07) is 0.892. The highest BCUT2D eigenvalue weighted by Crippen LogP contribution is 2.06. The van der Waals surface area contributed by atoms with Gasteiger partial charge in [0, 0.05) is 26.1 Å². The largest absolute Gasteiger partial charge is 0.465 e. The van der Waals surface area contributed by atoms with E-state index in [1.54, 1.807) is 0 Å². The minimum atomic E-state index is 0.841. The summed E-state index contributed by atoms with van der Waals surface area (Å²) in [5.74, 6) is 0. The van der Waals surface area contributed by atoms with E-state index >= 15 is 0 Å². The molecule has 0 amide bonds. The number of unbranched alkanes of at least 4 members (excludes halogenated alkanes) is 2. The van der Waals surface area contributed by atoms with Gasteiger partial charge in [0.15, 0.2) is 0 Å². The first-order valence-corrected chi connectivity index (χ1v) is 6.30. The van der Waals surface area contributed by atoms with Crippen LogP contribution in [-0.4, -0.2) is 37.2 Å². The van der Waals surface area contributed by atoms with Crippen LogP contribution in [0, 0.1) is 0 Å². The first kappa shape index (κ1) is 12.3. The molecule has 0 N–H and O–H groups in total. The molecule has 0 aromatic carbocycles. The van der Waals surface area contributed by atoms with Gasteiger partial charge in [-0.3, -0.25) is 0 Å². The normalized spacial score (nSPS) is 15.7. The summed E-state index contributed by atoms with van der Waals surface area (Å²) in [7, 11) is 0. The van der Waals surface area contributed by atoms with Crippen molar-refractivity contribution in [1.82, 2.24) is 4.90 Å². The van der Waals surface area contributed by atoms with Crippen LogP contribution in [-0.2, 0) is 4.74 Å². The van der Waals surface area contributed by atoms with E-state index in [2.05, 4.69) is 23.7 Å². The molecule has 1 heterocycles. The minimum absolute atomic E-state index is 0.841. The van der Waals surface area contributed by atoms with E-state index in [9.17, 15) is 0 Å². The lowest BCUT2D eigenvalue weighted by Gasteiger charge is -2.27. The van der Waals surface area contributed by atoms with E-state index in [-0.39, 0.29) is 0 Å². The predicted molar refractivity (Wildman–Crippen MR) is 64.3 cm³/mol. The molecule has 0 unspecified atom stereocenters. The van der Waals surface area contributed by atoms with Gasteiger partial charge in [-0.25, -0.2) is 4.99 Å². The van der Waals surface area contributed by atoms with Crippen molar-refractivity contribution in [3.63, 3.8) is 0 Å². The highest BCUT2D eigenvalue weighted by Gasteiger charge is 2.14. The summed E-state index contributed by atoms with van der Waals surface area (Å²) < 4.78 is 5.61. The van der Waals surface area contributed by atoms with Crippen molar-refractivity contribution in [3.05, 3.63) is 0 Å². The topological polar surface area (TPSA) is 24.8 Å². The van der Waals surface area contributed by atoms with Gasteiger partial charge in [0.1, 0.15) is 0 Å². The summed E-state index contributed by atoms with van der Waals surface area (Å²) in [5, 5.41) is 0. The van der Waals surface area contributed by atoms with E-state index in [1.807, 2.05) is 0 Å². The van der Waals surface area contributed by atoms with Crippen molar-refractivity contribution in [1.29, 1.82) is 0 Å². The average molecular weight is 212 g/mol. The molecule has 0 saturated heterocycles. The maximum Gasteiger partial charge on any atom is 0.287 e. The molecule has 1 rings (SSSR count). The number of hydrogen-bond acceptors (Lipinski definition) is 3. The number of hydrogen-bond donors (Lipinski definition) is 0. The van der Waals surface area contributed by atoms with Crippen LogP contribution in [0.1, 0.15) is 46.0 Å². The Morgan fingerprint density at radius 3 is 2.33 bits per heavy atom. The average Bonchev–Trinajstić information content (AvgIpc) is 2.30. The second-order valence-electron chi connectivity index (χ2n) is 4.06. The molecule has 0 aromatic heterocycles. The van der Waals surface area contributed by atoms with Crippen LogP contribution in [0.15, 0.2) is 4.99 Å². The molecule has 88 valence electrons. The van der Waals surface area contributed by atoms with Gasteiger partial charge in [-0.2, -0.15) is 0 Å². The molecule has 0 aliphatic carbocycles. The maximum atomic E-state index is 5.61. The molecule has 1 aliphatic rings. The lowest BCUT2D eigenvalue weighted by molar-refractivity contribution is 0.209. The SMILES string of the molecule is CCCCN(CCCC)C1=NCCCO1. The number of amidine groups is 1. The third-order valence-electron chi connectivity index (χ3n) is 2.61. The van der Waals surface area contributed by atoms with Gasteiger partial charge in [-0.05, 0) is 12.8 Å². The van der Waals surface area contributed by atoms with Gasteiger partial charge in [-0.1, -0.05) is 26.7 Å². The van der Waals surface area contributed by atoms with Crippen LogP contribution in [0.5, 0.6) is 0 Å². The first-order chi connectivity index (χ1) is 7.38. The minimum Gasteiger partial charge on any atom is -0.465 e. The zero-order valence-corrected chi connectivity index (χ0v) is 10.2. The van der Waals surface area contributed by atoms with Gasteiger partial charge in [0.2, 0.25) is 0 Å². The zero-order valence-electron chi connectivity index (χ0n) is 10.2. The fourth-order valence-corrected chi connectivity index (χ4v) is 1.64. The molecular weight excluding hydrogens is 188 g/mol. The van der Waals surface area contributed by atoms with Gasteiger partial charge < -0.3 is 9.64 Å². The molecule has 0 saturated carbocycles. The van der Waals surface area contributed by atoms with Gasteiger partial charge >= 0.3 is 0 Å². The fourth-order valence-electron chi connectivity index (χ4n) is 1.64. The molecule has 15 heavy (non-hydrogen) atoms. The van der Waals surface area contributed by atoms with Gasteiger partial charge in [-0.15, -0.1) is 0 Å². The Labute approximate surface area is 93.5 Å². The van der Waals surface area contributed by atoms with E-state index in [0.717, 1.165) is 38.7 Å². The molecule has 1 aliphatic heterocycles. The van der Waals surface area contributed by atoms with E-state index in [0.29, 0.717) is 0 Å². The van der Waals surface area contributed by atoms with Gasteiger partial charge in [0.05, 0.1) is 6.61 Å². The Hall–Kier alpha value is -0.730. The van der Waals surface area contributed by atoms with Gasteiger partial charge in [0.25, 0.3) is 6.02 Å². The Balaban J connectivity index is 2.41. The highest BCUT2D eigenvalue weighted by atomic mass is 16.5. The Kier molecular flexibility index (Phi) is 6.21. The Morgan fingerprint density at radius 2 is 1.87 bits per heavy atom. The lowest BCUT2D eigenvalue weighted by Crippen LogP contribution is -2.36. The maximum absolute atomic E-state index is 5.61. The fraction of sp³-hybridized carbons (Fsp3) is 0.917. The second-order valence-corrected chi connectivity index (χ2v) is 4.06. The number of aliphatic imine (C=N–C) groups is 1. The van der Waals surface area contributed by atoms with E-state index in [4.69, 9.17) is 4.74 Å². The Morgan fingerprint density at radius 1 is 1.20 bits per heavy atom. The summed E-state index contributed by atoms with van der Waals surface area (Å²) >= 11 is 0. The highest BCUT2D eigenvalue weighted by molar-refractivity contribution is 5.74. The van der Waals surface area contributed by atoms with E-state index in [1.165, 1.54) is 25.7 Å². The molecule has 0 spiro atoms. The van der Waals surface area contributed by atoms with Crippen molar-refractivity contribution in [3.8, 4) is 0 Å². The molecule has 3 heteroatoms. The summed E-state index contributed by atoms with van der Waals surface area (Å²) in [6.45, 7) is 8.41. The molecule has 0 fully saturated rings. The Bertz CT molecular complexity index is 184. The predicted octanol–water partition coefficient (Wildman–Crippen LogP) is 2.66. The number of ether oxygens (including phenoxy) is 1. The molecule has 0 radical (unpaired) electrons. The van der Waals surface area contributed by atoms with Crippen molar-refractivity contribution < 1.29 is 4.74 Å². The number of rotatable bonds is 6. The van der Waals surface area contributed by atoms with Crippen molar-refractivity contribution in [2.24, 2.45) is 4.99 Å². The zero-order chi connectivity index (χ0) is 10.9. The molecule has 0 atom stereocenters. The third kappa shape index (κ3) is 4.54. The van der Waals surface area contributed by atoms with Crippen molar-refractivity contribution >= 4 is 6.02 Å². The summed E-state index contributed by atoms with van der Waals surface area (Å²) in [5.41, 5.74) is 0. The molecule has 0 aromatic rings. The van der Waals surface area contributed by atoms with Crippen LogP contribution in [0.2, 0.25) is 0 Å². The smallest absolute Gasteiger partial charge is 0.287 e. The number of nitrogens with zero attached hydrogens (tertiary/aromatic N) is 2. The molecular formula is C12H24N2O. The van der Waals surface area contributed by atoms with E-state index < -0.39 is 0 Å². The van der Waals surface area contributed by atoms with Crippen LogP contribution in [0.4, 0.5) is 0 Å². The summed E-state index contributed by atoms with van der Waals surface area (Å²) in [6.07, 6.45) is 5.99. The molecule has 3 nitrogen and oxygen atoms in total. The third-order valence-corrected chi connectivity index (χ3v) is 2.61. The standard InChI is InChI=1S/C12H24N2O/c1-3-5-9-14(10-6-4-2)12-13-8-7-11-15-12/h3-11H2,1-2H3. The second kappa shape index (κ2) is 7.55. The van der Waals surface area contributed by atoms with Crippen molar-refractivity contribution in [2.75, 3.05) is 26.2 Å². The van der Waals surface area contributed by atoms with Crippen LogP contribution in [0.3, 0.4) is 0 Å². The summed E-state index contributed by atoms with van der Waals surface area (Å²) in [4.78, 5) is 6.77. The quantitative estimate of drug-likeness (QED) is 0.676. The first-order valence-electron chi connectivity index (χ1n) is 6.30. The van der Waals surface area contributed by atoms with Crippen LogP contribution < -0.4 is 0 Å². The van der Waals surface area contributed by atoms with Crippen LogP contribution >= 0.6 is 0 Å². The monoisotopic (exact) mass is 212 g/mol. The van der Waals surface area contributed by atoms with Crippen LogP contribution in [0.25, 0.3) is 0 Å². The van der Waals surface area contributed by atoms with Crippen molar-refractivity contribution in [2.45, 2.75) is 46.0 Å². The molecule has 0 bridgehead atoms.